The molecular weight excluding hydrogens is 414 g/mol. The molecule has 1 saturated heterocycles. The lowest BCUT2D eigenvalue weighted by molar-refractivity contribution is -0.140. The number of carbonyl (C=O) groups is 2. The van der Waals surface area contributed by atoms with E-state index in [0.29, 0.717) is 30.1 Å². The molecule has 1 atom stereocenters. The van der Waals surface area contributed by atoms with Gasteiger partial charge in [-0.3, -0.25) is 9.59 Å². The number of hydrogen-bond donors (Lipinski definition) is 2. The molecule has 0 aliphatic carbocycles. The summed E-state index contributed by atoms with van der Waals surface area (Å²) in [5.41, 5.74) is 0.825. The van der Waals surface area contributed by atoms with E-state index in [1.54, 1.807) is 43.3 Å². The van der Waals surface area contributed by atoms with Gasteiger partial charge in [-0.1, -0.05) is 18.2 Å². The summed E-state index contributed by atoms with van der Waals surface area (Å²) in [5, 5.41) is 21.2. The van der Waals surface area contributed by atoms with Crippen LogP contribution in [0.5, 0.6) is 17.2 Å². The molecular formula is C24H27NO7. The van der Waals surface area contributed by atoms with Gasteiger partial charge in [-0.25, -0.2) is 0 Å². The highest BCUT2D eigenvalue weighted by molar-refractivity contribution is 6.46. The summed E-state index contributed by atoms with van der Waals surface area (Å²) in [6.45, 7) is 4.74. The highest BCUT2D eigenvalue weighted by Gasteiger charge is 2.46. The van der Waals surface area contributed by atoms with Gasteiger partial charge in [-0.2, -0.15) is 0 Å². The fraction of sp³-hybridized carbons (Fsp3) is 0.333. The zero-order valence-corrected chi connectivity index (χ0v) is 18.3. The predicted molar refractivity (Wildman–Crippen MR) is 118 cm³/mol. The molecule has 1 aliphatic heterocycles. The standard InChI is InChI=1S/C24H27NO7/c1-4-31-17-8-6-7-16(13-17)22(27)20-21(25(11-12-30-3)24(29)23(20)28)15-9-10-18(26)19(14-15)32-5-2/h6-10,13-14,21,26-27H,4-5,11-12H2,1-3H3/b22-20-. The van der Waals surface area contributed by atoms with Crippen LogP contribution in [-0.2, 0) is 14.3 Å². The normalized spacial score (nSPS) is 17.6. The summed E-state index contributed by atoms with van der Waals surface area (Å²) < 4.78 is 16.1. The number of methoxy groups -OCH3 is 1. The third-order valence-corrected chi connectivity index (χ3v) is 5.09. The quantitative estimate of drug-likeness (QED) is 0.350. The van der Waals surface area contributed by atoms with Crippen LogP contribution in [-0.4, -0.2) is 60.3 Å². The van der Waals surface area contributed by atoms with E-state index < -0.39 is 17.7 Å². The number of aromatic hydroxyl groups is 1. The summed E-state index contributed by atoms with van der Waals surface area (Å²) in [6.07, 6.45) is 0. The predicted octanol–water partition coefficient (Wildman–Crippen LogP) is 3.26. The van der Waals surface area contributed by atoms with Crippen LogP contribution in [0, 0.1) is 0 Å². The maximum absolute atomic E-state index is 13.0. The lowest BCUT2D eigenvalue weighted by Gasteiger charge is -2.25. The second-order valence-corrected chi connectivity index (χ2v) is 7.11. The zero-order chi connectivity index (χ0) is 23.3. The Kier molecular flexibility index (Phi) is 7.37. The van der Waals surface area contributed by atoms with Crippen molar-refractivity contribution < 1.29 is 34.0 Å². The fourth-order valence-electron chi connectivity index (χ4n) is 3.67. The van der Waals surface area contributed by atoms with Crippen LogP contribution in [0.2, 0.25) is 0 Å². The summed E-state index contributed by atoms with van der Waals surface area (Å²) in [7, 11) is 1.50. The molecule has 2 aromatic rings. The average Bonchev–Trinajstić information content (AvgIpc) is 3.04. The van der Waals surface area contributed by atoms with Crippen molar-refractivity contribution in [2.75, 3.05) is 33.5 Å². The largest absolute Gasteiger partial charge is 0.507 e. The van der Waals surface area contributed by atoms with Crippen LogP contribution in [0.15, 0.2) is 48.0 Å². The molecule has 0 bridgehead atoms. The number of ether oxygens (including phenoxy) is 3. The monoisotopic (exact) mass is 441 g/mol. The third kappa shape index (κ3) is 4.55. The molecule has 8 heteroatoms. The number of carbonyl (C=O) groups excluding carboxylic acids is 2. The first-order chi connectivity index (χ1) is 15.4. The first-order valence-electron chi connectivity index (χ1n) is 10.4. The van der Waals surface area contributed by atoms with Crippen molar-refractivity contribution in [2.45, 2.75) is 19.9 Å². The minimum absolute atomic E-state index is 0.0483. The first kappa shape index (κ1) is 23.1. The van der Waals surface area contributed by atoms with E-state index >= 15 is 0 Å². The van der Waals surface area contributed by atoms with Crippen molar-refractivity contribution in [3.63, 3.8) is 0 Å². The molecule has 8 nitrogen and oxygen atoms in total. The van der Waals surface area contributed by atoms with Gasteiger partial charge in [-0.15, -0.1) is 0 Å². The van der Waals surface area contributed by atoms with E-state index in [1.807, 2.05) is 6.92 Å². The molecule has 0 saturated carbocycles. The Morgan fingerprint density at radius 1 is 1.06 bits per heavy atom. The molecule has 2 aromatic carbocycles. The third-order valence-electron chi connectivity index (χ3n) is 5.09. The second-order valence-electron chi connectivity index (χ2n) is 7.11. The van der Waals surface area contributed by atoms with Gasteiger partial charge in [0, 0.05) is 19.2 Å². The molecule has 1 aliphatic rings. The van der Waals surface area contributed by atoms with Crippen molar-refractivity contribution in [3.8, 4) is 17.2 Å². The first-order valence-corrected chi connectivity index (χ1v) is 10.4. The van der Waals surface area contributed by atoms with Crippen molar-refractivity contribution in [3.05, 3.63) is 59.2 Å². The van der Waals surface area contributed by atoms with Crippen LogP contribution >= 0.6 is 0 Å². The molecule has 0 radical (unpaired) electrons. The number of phenols is 1. The van der Waals surface area contributed by atoms with Gasteiger partial charge < -0.3 is 29.3 Å². The van der Waals surface area contributed by atoms with E-state index in [1.165, 1.54) is 18.1 Å². The fourth-order valence-corrected chi connectivity index (χ4v) is 3.67. The molecule has 2 N–H and O–H groups in total. The topological polar surface area (TPSA) is 106 Å². The molecule has 1 unspecified atom stereocenters. The van der Waals surface area contributed by atoms with Crippen LogP contribution in [0.4, 0.5) is 0 Å². The smallest absolute Gasteiger partial charge is 0.295 e. The molecule has 1 fully saturated rings. The van der Waals surface area contributed by atoms with Gasteiger partial charge in [-0.05, 0) is 43.7 Å². The summed E-state index contributed by atoms with van der Waals surface area (Å²) in [4.78, 5) is 27.2. The maximum Gasteiger partial charge on any atom is 0.295 e. The Labute approximate surface area is 186 Å². The van der Waals surface area contributed by atoms with Crippen LogP contribution in [0.1, 0.15) is 31.0 Å². The van der Waals surface area contributed by atoms with E-state index in [-0.39, 0.29) is 36.0 Å². The minimum atomic E-state index is -0.874. The molecule has 0 spiro atoms. The van der Waals surface area contributed by atoms with E-state index in [4.69, 9.17) is 14.2 Å². The lowest BCUT2D eigenvalue weighted by atomic mass is 9.95. The molecule has 3 rings (SSSR count). The Morgan fingerprint density at radius 2 is 1.81 bits per heavy atom. The molecule has 1 heterocycles. The Morgan fingerprint density at radius 3 is 2.50 bits per heavy atom. The van der Waals surface area contributed by atoms with E-state index in [9.17, 15) is 19.8 Å². The Balaban J connectivity index is 2.17. The van der Waals surface area contributed by atoms with Crippen LogP contribution in [0.25, 0.3) is 5.76 Å². The number of Topliss-reactive ketones (excluding diaryl/α,β-unsaturated/α-hetero) is 1. The van der Waals surface area contributed by atoms with Crippen molar-refractivity contribution >= 4 is 17.4 Å². The number of ketones is 1. The van der Waals surface area contributed by atoms with E-state index in [2.05, 4.69) is 0 Å². The van der Waals surface area contributed by atoms with Crippen molar-refractivity contribution in [1.82, 2.24) is 4.90 Å². The van der Waals surface area contributed by atoms with Crippen molar-refractivity contribution in [1.29, 1.82) is 0 Å². The van der Waals surface area contributed by atoms with Gasteiger partial charge in [0.25, 0.3) is 11.7 Å². The van der Waals surface area contributed by atoms with Crippen LogP contribution in [0.3, 0.4) is 0 Å². The second kappa shape index (κ2) is 10.2. The minimum Gasteiger partial charge on any atom is -0.507 e. The maximum atomic E-state index is 13.0. The van der Waals surface area contributed by atoms with E-state index in [0.717, 1.165) is 0 Å². The molecule has 1 amide bonds. The van der Waals surface area contributed by atoms with Gasteiger partial charge in [0.05, 0.1) is 31.4 Å². The molecule has 170 valence electrons. The van der Waals surface area contributed by atoms with Gasteiger partial charge in [0.2, 0.25) is 0 Å². The van der Waals surface area contributed by atoms with Crippen molar-refractivity contribution in [2.24, 2.45) is 0 Å². The number of benzene rings is 2. The summed E-state index contributed by atoms with van der Waals surface area (Å²) in [6, 6.07) is 10.4. The summed E-state index contributed by atoms with van der Waals surface area (Å²) in [5.74, 6) is -1.14. The molecule has 32 heavy (non-hydrogen) atoms. The number of amides is 1. The van der Waals surface area contributed by atoms with Gasteiger partial charge in [0.15, 0.2) is 11.5 Å². The summed E-state index contributed by atoms with van der Waals surface area (Å²) >= 11 is 0. The number of phenolic OH excluding ortho intramolecular Hbond substituents is 1. The number of likely N-dealkylation sites (tertiary alicyclic amines) is 1. The number of nitrogens with zero attached hydrogens (tertiary/aromatic N) is 1. The highest BCUT2D eigenvalue weighted by atomic mass is 16.5. The number of rotatable bonds is 9. The Bertz CT molecular complexity index is 1030. The number of hydrogen-bond acceptors (Lipinski definition) is 7. The zero-order valence-electron chi connectivity index (χ0n) is 18.3. The highest BCUT2D eigenvalue weighted by Crippen LogP contribution is 2.41. The number of aliphatic hydroxyl groups excluding tert-OH is 1. The Hall–Kier alpha value is -3.52. The van der Waals surface area contributed by atoms with Crippen LogP contribution < -0.4 is 9.47 Å². The van der Waals surface area contributed by atoms with Gasteiger partial charge in [0.1, 0.15) is 11.5 Å². The lowest BCUT2D eigenvalue weighted by Crippen LogP contribution is -2.32. The number of aliphatic hydroxyl groups is 1. The SMILES string of the molecule is CCOc1cccc(/C(O)=C2/C(=O)C(=O)N(CCOC)C2c2ccc(O)c(OCC)c2)c1. The van der Waals surface area contributed by atoms with Gasteiger partial charge >= 0.3 is 0 Å². The molecule has 0 aromatic heterocycles. The average molecular weight is 441 g/mol.